The fraction of sp³-hybridized carbons (Fsp3) is 0.182. The molecule has 3 rings (SSSR count). The molecule has 0 saturated heterocycles. The quantitative estimate of drug-likeness (QED) is 0.537. The highest BCUT2D eigenvalue weighted by atomic mass is 32.1. The van der Waals surface area contributed by atoms with Gasteiger partial charge in [0.25, 0.3) is 0 Å². The number of aryl methyl sites for hydroxylation is 1. The lowest BCUT2D eigenvalue weighted by molar-refractivity contribution is 0.394. The molecule has 0 fully saturated rings. The average Bonchev–Trinajstić information content (AvgIpc) is 3.22. The van der Waals surface area contributed by atoms with E-state index in [4.69, 9.17) is 9.47 Å². The molecule has 0 unspecified atom stereocenters. The molecule has 4 nitrogen and oxygen atoms in total. The monoisotopic (exact) mass is 376 g/mol. The van der Waals surface area contributed by atoms with Gasteiger partial charge >= 0.3 is 0 Å². The molecule has 0 aliphatic carbocycles. The number of aromatic nitrogens is 1. The number of allylic oxidation sites excluding steroid dienone is 1. The minimum absolute atomic E-state index is 0.500. The minimum Gasteiger partial charge on any atom is -0.497 e. The van der Waals surface area contributed by atoms with Crippen molar-refractivity contribution in [2.24, 2.45) is 0 Å². The first kappa shape index (κ1) is 18.7. The first-order chi connectivity index (χ1) is 13.2. The molecule has 27 heavy (non-hydrogen) atoms. The number of ether oxygens (including phenoxy) is 2. The van der Waals surface area contributed by atoms with Crippen molar-refractivity contribution in [3.05, 3.63) is 64.0 Å². The normalized spacial score (nSPS) is 11.1. The smallest absolute Gasteiger partial charge is 0.134 e. The molecule has 0 radical (unpaired) electrons. The van der Waals surface area contributed by atoms with E-state index in [0.29, 0.717) is 22.1 Å². The molecule has 0 aliphatic rings. The Hall–Kier alpha value is -3.10. The second kappa shape index (κ2) is 8.52. The lowest BCUT2D eigenvalue weighted by atomic mass is 10.1. The molecule has 0 atom stereocenters. The van der Waals surface area contributed by atoms with Crippen LogP contribution >= 0.6 is 11.3 Å². The number of nitriles is 1. The second-order valence-corrected chi connectivity index (χ2v) is 6.72. The van der Waals surface area contributed by atoms with Gasteiger partial charge in [-0.3, -0.25) is 0 Å². The van der Waals surface area contributed by atoms with Gasteiger partial charge in [0.2, 0.25) is 0 Å². The third kappa shape index (κ3) is 4.18. The zero-order valence-corrected chi connectivity index (χ0v) is 16.3. The van der Waals surface area contributed by atoms with Gasteiger partial charge in [-0.1, -0.05) is 31.2 Å². The standard InChI is InChI=1S/C22H20N2O2S/c1-4-15-5-7-16(8-6-15)20-14-27-22(24-20)18(13-23)11-17-9-10-19(25-2)12-21(17)26-3/h5-12,14H,4H2,1-3H3/b18-11-. The number of benzene rings is 2. The average molecular weight is 376 g/mol. The van der Waals surface area contributed by atoms with Gasteiger partial charge in [-0.05, 0) is 30.2 Å². The molecule has 136 valence electrons. The lowest BCUT2D eigenvalue weighted by Gasteiger charge is -2.07. The summed E-state index contributed by atoms with van der Waals surface area (Å²) in [6.07, 6.45) is 2.80. The Bertz CT molecular complexity index is 998. The first-order valence-corrected chi connectivity index (χ1v) is 9.45. The van der Waals surface area contributed by atoms with E-state index in [2.05, 4.69) is 42.2 Å². The molecule has 1 aromatic heterocycles. The Morgan fingerprint density at radius 1 is 1.15 bits per heavy atom. The van der Waals surface area contributed by atoms with Crippen LogP contribution < -0.4 is 9.47 Å². The van der Waals surface area contributed by atoms with Crippen LogP contribution in [0.15, 0.2) is 47.8 Å². The van der Waals surface area contributed by atoms with Crippen LogP contribution in [-0.2, 0) is 6.42 Å². The van der Waals surface area contributed by atoms with E-state index in [1.165, 1.54) is 16.9 Å². The minimum atomic E-state index is 0.500. The summed E-state index contributed by atoms with van der Waals surface area (Å²) in [6, 6.07) is 16.1. The van der Waals surface area contributed by atoms with Crippen LogP contribution in [0, 0.1) is 11.3 Å². The summed E-state index contributed by atoms with van der Waals surface area (Å²) in [5, 5.41) is 12.3. The maximum absolute atomic E-state index is 9.64. The van der Waals surface area contributed by atoms with E-state index < -0.39 is 0 Å². The van der Waals surface area contributed by atoms with Crippen LogP contribution in [0.4, 0.5) is 0 Å². The Morgan fingerprint density at radius 3 is 2.56 bits per heavy atom. The van der Waals surface area contributed by atoms with Gasteiger partial charge in [-0.15, -0.1) is 11.3 Å². The van der Waals surface area contributed by atoms with Crippen LogP contribution in [0.1, 0.15) is 23.1 Å². The molecule has 0 amide bonds. The van der Waals surface area contributed by atoms with Gasteiger partial charge in [-0.2, -0.15) is 5.26 Å². The van der Waals surface area contributed by atoms with Crippen molar-refractivity contribution in [3.8, 4) is 28.8 Å². The van der Waals surface area contributed by atoms with Crippen LogP contribution in [0.5, 0.6) is 11.5 Å². The highest BCUT2D eigenvalue weighted by Crippen LogP contribution is 2.31. The molecule has 1 heterocycles. The number of hydrogen-bond acceptors (Lipinski definition) is 5. The molecular formula is C22H20N2O2S. The van der Waals surface area contributed by atoms with Gasteiger partial charge in [-0.25, -0.2) is 4.98 Å². The van der Waals surface area contributed by atoms with E-state index in [0.717, 1.165) is 23.2 Å². The van der Waals surface area contributed by atoms with Crippen molar-refractivity contribution >= 4 is 23.0 Å². The fourth-order valence-corrected chi connectivity index (χ4v) is 3.47. The molecule has 0 spiro atoms. The number of methoxy groups -OCH3 is 2. The summed E-state index contributed by atoms with van der Waals surface area (Å²) in [6.45, 7) is 2.13. The topological polar surface area (TPSA) is 55.1 Å². The predicted molar refractivity (Wildman–Crippen MR) is 110 cm³/mol. The van der Waals surface area contributed by atoms with Crippen LogP contribution in [-0.4, -0.2) is 19.2 Å². The summed E-state index contributed by atoms with van der Waals surface area (Å²) < 4.78 is 10.6. The third-order valence-electron chi connectivity index (χ3n) is 4.25. The van der Waals surface area contributed by atoms with Crippen molar-refractivity contribution in [1.82, 2.24) is 4.98 Å². The zero-order chi connectivity index (χ0) is 19.2. The molecule has 0 saturated carbocycles. The van der Waals surface area contributed by atoms with E-state index in [-0.39, 0.29) is 0 Å². The molecule has 3 aromatic rings. The third-order valence-corrected chi connectivity index (χ3v) is 5.13. The Kier molecular flexibility index (Phi) is 5.90. The second-order valence-electron chi connectivity index (χ2n) is 5.87. The maximum Gasteiger partial charge on any atom is 0.134 e. The van der Waals surface area contributed by atoms with Gasteiger partial charge in [0, 0.05) is 22.6 Å². The number of hydrogen-bond donors (Lipinski definition) is 0. The molecule has 0 bridgehead atoms. The molecule has 2 aromatic carbocycles. The number of thiazole rings is 1. The first-order valence-electron chi connectivity index (χ1n) is 8.57. The lowest BCUT2D eigenvalue weighted by Crippen LogP contribution is -1.90. The summed E-state index contributed by atoms with van der Waals surface area (Å²) in [4.78, 5) is 4.65. The summed E-state index contributed by atoms with van der Waals surface area (Å²) in [7, 11) is 3.20. The van der Waals surface area contributed by atoms with Crippen LogP contribution in [0.25, 0.3) is 22.9 Å². The van der Waals surface area contributed by atoms with Crippen LogP contribution in [0.3, 0.4) is 0 Å². The molecule has 0 N–H and O–H groups in total. The van der Waals surface area contributed by atoms with E-state index in [1.54, 1.807) is 26.4 Å². The summed E-state index contributed by atoms with van der Waals surface area (Å²) in [5.74, 6) is 1.35. The number of nitrogens with zero attached hydrogens (tertiary/aromatic N) is 2. The van der Waals surface area contributed by atoms with Gasteiger partial charge < -0.3 is 9.47 Å². The Balaban J connectivity index is 1.93. The van der Waals surface area contributed by atoms with Crippen molar-refractivity contribution < 1.29 is 9.47 Å². The van der Waals surface area contributed by atoms with E-state index in [9.17, 15) is 5.26 Å². The predicted octanol–water partition coefficient (Wildman–Crippen LogP) is 5.45. The number of rotatable bonds is 6. The molecular weight excluding hydrogens is 356 g/mol. The SMILES string of the molecule is CCc1ccc(-c2csc(/C(C#N)=C\c3ccc(OC)cc3OC)n2)cc1. The van der Waals surface area contributed by atoms with Crippen molar-refractivity contribution in [1.29, 1.82) is 5.26 Å². The van der Waals surface area contributed by atoms with Gasteiger partial charge in [0.05, 0.1) is 25.5 Å². The van der Waals surface area contributed by atoms with Crippen molar-refractivity contribution in [3.63, 3.8) is 0 Å². The highest BCUT2D eigenvalue weighted by Gasteiger charge is 2.11. The highest BCUT2D eigenvalue weighted by molar-refractivity contribution is 7.11. The van der Waals surface area contributed by atoms with Crippen LogP contribution in [0.2, 0.25) is 0 Å². The van der Waals surface area contributed by atoms with Crippen molar-refractivity contribution in [2.75, 3.05) is 14.2 Å². The van der Waals surface area contributed by atoms with E-state index in [1.807, 2.05) is 17.5 Å². The molecule has 0 aliphatic heterocycles. The fourth-order valence-electron chi connectivity index (χ4n) is 2.68. The van der Waals surface area contributed by atoms with Gasteiger partial charge in [0.15, 0.2) is 0 Å². The van der Waals surface area contributed by atoms with Gasteiger partial charge in [0.1, 0.15) is 22.6 Å². The summed E-state index contributed by atoms with van der Waals surface area (Å²) >= 11 is 1.46. The Labute approximate surface area is 163 Å². The van der Waals surface area contributed by atoms with E-state index >= 15 is 0 Å². The zero-order valence-electron chi connectivity index (χ0n) is 15.5. The van der Waals surface area contributed by atoms with Crippen molar-refractivity contribution in [2.45, 2.75) is 13.3 Å². The largest absolute Gasteiger partial charge is 0.497 e. The molecule has 5 heteroatoms. The summed E-state index contributed by atoms with van der Waals surface area (Å²) in [5.41, 5.74) is 4.52. The maximum atomic E-state index is 9.64. The Morgan fingerprint density at radius 2 is 1.93 bits per heavy atom.